The number of methoxy groups -OCH3 is 1. The molecule has 3 heteroatoms. The van der Waals surface area contributed by atoms with Crippen molar-refractivity contribution in [3.8, 4) is 11.5 Å². The predicted octanol–water partition coefficient (Wildman–Crippen LogP) is 1.10. The molecule has 0 bridgehead atoms. The van der Waals surface area contributed by atoms with Crippen LogP contribution in [-0.2, 0) is 0 Å². The largest absolute Gasteiger partial charge is 0.503 e. The van der Waals surface area contributed by atoms with E-state index in [4.69, 9.17) is 9.84 Å². The van der Waals surface area contributed by atoms with Crippen molar-refractivity contribution in [2.24, 2.45) is 0 Å². The second-order valence-electron chi connectivity index (χ2n) is 2.00. The van der Waals surface area contributed by atoms with Gasteiger partial charge >= 0.3 is 0 Å². The van der Waals surface area contributed by atoms with Gasteiger partial charge in [-0.3, -0.25) is 4.98 Å². The van der Waals surface area contributed by atoms with Crippen LogP contribution in [0.4, 0.5) is 0 Å². The van der Waals surface area contributed by atoms with E-state index in [1.807, 2.05) is 6.92 Å². The van der Waals surface area contributed by atoms with Gasteiger partial charge in [0.15, 0.2) is 11.5 Å². The van der Waals surface area contributed by atoms with Crippen molar-refractivity contribution < 1.29 is 9.84 Å². The van der Waals surface area contributed by atoms with E-state index in [1.165, 1.54) is 13.3 Å². The van der Waals surface area contributed by atoms with Crippen molar-refractivity contribution in [2.45, 2.75) is 6.92 Å². The molecule has 0 saturated heterocycles. The summed E-state index contributed by atoms with van der Waals surface area (Å²) in [4.78, 5) is 3.86. The van der Waals surface area contributed by atoms with Crippen LogP contribution in [0.5, 0.6) is 11.5 Å². The number of hydrogen-bond acceptors (Lipinski definition) is 3. The summed E-state index contributed by atoms with van der Waals surface area (Å²) in [5.41, 5.74) is 0.828. The Kier molecular flexibility index (Phi) is 1.76. The zero-order chi connectivity index (χ0) is 7.56. The van der Waals surface area contributed by atoms with E-state index in [9.17, 15) is 0 Å². The first-order valence-corrected chi connectivity index (χ1v) is 2.93. The summed E-state index contributed by atoms with van der Waals surface area (Å²) in [6, 6.07) is 1.68. The molecule has 3 nitrogen and oxygen atoms in total. The smallest absolute Gasteiger partial charge is 0.176 e. The molecule has 0 aliphatic carbocycles. The molecule has 0 amide bonds. The van der Waals surface area contributed by atoms with Crippen LogP contribution in [0.2, 0.25) is 0 Å². The van der Waals surface area contributed by atoms with Gasteiger partial charge in [0.1, 0.15) is 0 Å². The summed E-state index contributed by atoms with van der Waals surface area (Å²) in [6.07, 6.45) is 1.37. The molecule has 1 aromatic rings. The van der Waals surface area contributed by atoms with E-state index < -0.39 is 0 Å². The van der Waals surface area contributed by atoms with Crippen LogP contribution in [0.25, 0.3) is 0 Å². The number of ether oxygens (including phenoxy) is 1. The Morgan fingerprint density at radius 2 is 2.30 bits per heavy atom. The quantitative estimate of drug-likeness (QED) is 0.633. The third-order valence-electron chi connectivity index (χ3n) is 1.20. The minimum atomic E-state index is 0.0769. The van der Waals surface area contributed by atoms with Gasteiger partial charge in [0.05, 0.1) is 13.3 Å². The van der Waals surface area contributed by atoms with Crippen LogP contribution in [0.15, 0.2) is 12.3 Å². The molecule has 0 unspecified atom stereocenters. The molecule has 0 atom stereocenters. The molecule has 0 aliphatic rings. The Morgan fingerprint density at radius 1 is 1.60 bits per heavy atom. The van der Waals surface area contributed by atoms with Crippen molar-refractivity contribution in [3.05, 3.63) is 18.0 Å². The number of hydrogen-bond donors (Lipinski definition) is 1. The van der Waals surface area contributed by atoms with Crippen LogP contribution in [-0.4, -0.2) is 17.2 Å². The standard InChI is InChI=1S/C7H9NO2/c1-5-3-7(10-2)6(9)4-8-5/h3-4,9H,1-2H3. The molecule has 0 saturated carbocycles. The van der Waals surface area contributed by atoms with Crippen molar-refractivity contribution in [2.75, 3.05) is 7.11 Å². The minimum absolute atomic E-state index is 0.0769. The molecule has 1 N–H and O–H groups in total. The molecule has 1 heterocycles. The lowest BCUT2D eigenvalue weighted by atomic mass is 10.3. The first-order chi connectivity index (χ1) is 4.74. The number of rotatable bonds is 1. The first-order valence-electron chi connectivity index (χ1n) is 2.93. The predicted molar refractivity (Wildman–Crippen MR) is 37.2 cm³/mol. The molecule has 0 aliphatic heterocycles. The summed E-state index contributed by atoms with van der Waals surface area (Å²) in [7, 11) is 1.51. The van der Waals surface area contributed by atoms with Crippen molar-refractivity contribution in [1.82, 2.24) is 4.98 Å². The second kappa shape index (κ2) is 2.56. The second-order valence-corrected chi connectivity index (χ2v) is 2.00. The number of aryl methyl sites for hydroxylation is 1. The van der Waals surface area contributed by atoms with Gasteiger partial charge in [-0.2, -0.15) is 0 Å². The Labute approximate surface area is 59.3 Å². The van der Waals surface area contributed by atoms with Crippen molar-refractivity contribution >= 4 is 0 Å². The third-order valence-corrected chi connectivity index (χ3v) is 1.20. The summed E-state index contributed by atoms with van der Waals surface area (Å²) >= 11 is 0. The molecule has 0 spiro atoms. The lowest BCUT2D eigenvalue weighted by Gasteiger charge is -2.01. The van der Waals surface area contributed by atoms with Gasteiger partial charge in [0, 0.05) is 11.8 Å². The van der Waals surface area contributed by atoms with Gasteiger partial charge in [-0.25, -0.2) is 0 Å². The lowest BCUT2D eigenvalue weighted by molar-refractivity contribution is 0.371. The van der Waals surface area contributed by atoms with E-state index in [0.717, 1.165) is 5.69 Å². The van der Waals surface area contributed by atoms with E-state index in [1.54, 1.807) is 6.07 Å². The van der Waals surface area contributed by atoms with E-state index >= 15 is 0 Å². The van der Waals surface area contributed by atoms with Gasteiger partial charge in [-0.1, -0.05) is 0 Å². The number of aromatic nitrogens is 1. The summed E-state index contributed by atoms with van der Waals surface area (Å²) in [5, 5.41) is 9.05. The highest BCUT2D eigenvalue weighted by atomic mass is 16.5. The molecule has 0 aromatic carbocycles. The maximum Gasteiger partial charge on any atom is 0.176 e. The van der Waals surface area contributed by atoms with Crippen LogP contribution in [0.1, 0.15) is 5.69 Å². The highest BCUT2D eigenvalue weighted by molar-refractivity contribution is 5.36. The lowest BCUT2D eigenvalue weighted by Crippen LogP contribution is -1.86. The molecule has 10 heavy (non-hydrogen) atoms. The molecule has 1 rings (SSSR count). The Morgan fingerprint density at radius 3 is 2.80 bits per heavy atom. The average Bonchev–Trinajstić information content (AvgIpc) is 1.94. The molecule has 54 valence electrons. The van der Waals surface area contributed by atoms with E-state index in [2.05, 4.69) is 4.98 Å². The highest BCUT2D eigenvalue weighted by Gasteiger charge is 1.99. The van der Waals surface area contributed by atoms with Crippen molar-refractivity contribution in [1.29, 1.82) is 0 Å². The zero-order valence-corrected chi connectivity index (χ0v) is 5.96. The van der Waals surface area contributed by atoms with Crippen molar-refractivity contribution in [3.63, 3.8) is 0 Å². The highest BCUT2D eigenvalue weighted by Crippen LogP contribution is 2.23. The maximum absolute atomic E-state index is 9.05. The Balaban J connectivity index is 3.09. The van der Waals surface area contributed by atoms with Crippen LogP contribution >= 0.6 is 0 Å². The fraction of sp³-hybridized carbons (Fsp3) is 0.286. The molecule has 0 fully saturated rings. The van der Waals surface area contributed by atoms with Gasteiger partial charge in [0.2, 0.25) is 0 Å². The van der Waals surface area contributed by atoms with E-state index in [0.29, 0.717) is 5.75 Å². The number of pyridine rings is 1. The average molecular weight is 139 g/mol. The van der Waals surface area contributed by atoms with Gasteiger partial charge in [0.25, 0.3) is 0 Å². The molecule has 0 radical (unpaired) electrons. The third kappa shape index (κ3) is 1.18. The Hall–Kier alpha value is -1.25. The monoisotopic (exact) mass is 139 g/mol. The van der Waals surface area contributed by atoms with Gasteiger partial charge in [-0.15, -0.1) is 0 Å². The summed E-state index contributed by atoms with van der Waals surface area (Å²) in [6.45, 7) is 1.84. The van der Waals surface area contributed by atoms with Gasteiger partial charge in [-0.05, 0) is 6.92 Å². The number of nitrogens with zero attached hydrogens (tertiary/aromatic N) is 1. The molecule has 1 aromatic heterocycles. The fourth-order valence-corrected chi connectivity index (χ4v) is 0.691. The van der Waals surface area contributed by atoms with E-state index in [-0.39, 0.29) is 5.75 Å². The van der Waals surface area contributed by atoms with Crippen LogP contribution in [0, 0.1) is 6.92 Å². The van der Waals surface area contributed by atoms with Crippen LogP contribution < -0.4 is 4.74 Å². The van der Waals surface area contributed by atoms with Crippen LogP contribution in [0.3, 0.4) is 0 Å². The van der Waals surface area contributed by atoms with Gasteiger partial charge < -0.3 is 9.84 Å². The SMILES string of the molecule is COc1cc(C)ncc1O. The Bertz CT molecular complexity index is 235. The topological polar surface area (TPSA) is 42.4 Å². The maximum atomic E-state index is 9.05. The molecular weight excluding hydrogens is 130 g/mol. The summed E-state index contributed by atoms with van der Waals surface area (Å²) in [5.74, 6) is 0.542. The minimum Gasteiger partial charge on any atom is -0.503 e. The first kappa shape index (κ1) is 6.86. The number of aromatic hydroxyl groups is 1. The molecular formula is C7H9NO2. The normalized spacial score (nSPS) is 9.40. The fourth-order valence-electron chi connectivity index (χ4n) is 0.691. The summed E-state index contributed by atoms with van der Waals surface area (Å²) < 4.78 is 4.84. The zero-order valence-electron chi connectivity index (χ0n) is 5.96.